The summed E-state index contributed by atoms with van der Waals surface area (Å²) in [5, 5.41) is 13.6. The summed E-state index contributed by atoms with van der Waals surface area (Å²) in [6.07, 6.45) is 0.291. The molecule has 0 aliphatic carbocycles. The first-order chi connectivity index (χ1) is 11.6. The maximum absolute atomic E-state index is 12.5. The minimum Gasteiger partial charge on any atom is -0.481 e. The fourth-order valence-corrected chi connectivity index (χ4v) is 2.54. The largest absolute Gasteiger partial charge is 0.481 e. The SMILES string of the molecule is CC(C)(C)N1C(=O)c2ccc(NC(=O)NCCCC(=O)O)cc2C1=O. The van der Waals surface area contributed by atoms with Gasteiger partial charge >= 0.3 is 12.0 Å². The predicted molar refractivity (Wildman–Crippen MR) is 90.6 cm³/mol. The zero-order chi connectivity index (χ0) is 18.8. The first-order valence-corrected chi connectivity index (χ1v) is 7.91. The molecule has 3 N–H and O–H groups in total. The molecular formula is C17H21N3O5. The van der Waals surface area contributed by atoms with Crippen LogP contribution in [0.3, 0.4) is 0 Å². The number of urea groups is 1. The van der Waals surface area contributed by atoms with E-state index in [9.17, 15) is 19.2 Å². The standard InChI is InChI=1S/C17H21N3O5/c1-17(2,3)20-14(23)11-7-6-10(9-12(11)15(20)24)19-16(25)18-8-4-5-13(21)22/h6-7,9H,4-5,8H2,1-3H3,(H,21,22)(H2,18,19,25). The van der Waals surface area contributed by atoms with Crippen LogP contribution in [0.1, 0.15) is 54.3 Å². The molecule has 0 radical (unpaired) electrons. The smallest absolute Gasteiger partial charge is 0.319 e. The molecule has 0 aromatic heterocycles. The van der Waals surface area contributed by atoms with Crippen LogP contribution >= 0.6 is 0 Å². The van der Waals surface area contributed by atoms with Crippen molar-refractivity contribution in [2.45, 2.75) is 39.2 Å². The van der Waals surface area contributed by atoms with Crippen LogP contribution in [0.15, 0.2) is 18.2 Å². The number of amides is 4. The Hall–Kier alpha value is -2.90. The summed E-state index contributed by atoms with van der Waals surface area (Å²) in [5.41, 5.74) is 0.310. The summed E-state index contributed by atoms with van der Waals surface area (Å²) in [6, 6.07) is 4.03. The highest BCUT2D eigenvalue weighted by atomic mass is 16.4. The van der Waals surface area contributed by atoms with Crippen LogP contribution in [-0.2, 0) is 4.79 Å². The number of carbonyl (C=O) groups is 4. The van der Waals surface area contributed by atoms with Gasteiger partial charge in [0.2, 0.25) is 0 Å². The molecule has 1 aromatic rings. The van der Waals surface area contributed by atoms with E-state index >= 15 is 0 Å². The van der Waals surface area contributed by atoms with Gasteiger partial charge in [0.1, 0.15) is 0 Å². The number of aliphatic carboxylic acids is 1. The molecule has 1 heterocycles. The normalized spacial score (nSPS) is 13.6. The van der Waals surface area contributed by atoms with Crippen LogP contribution in [0.25, 0.3) is 0 Å². The van der Waals surface area contributed by atoms with Crippen molar-refractivity contribution >= 4 is 29.5 Å². The summed E-state index contributed by atoms with van der Waals surface area (Å²) in [6.45, 7) is 5.55. The Labute approximate surface area is 145 Å². The fraction of sp³-hybridized carbons (Fsp3) is 0.412. The van der Waals surface area contributed by atoms with E-state index in [0.29, 0.717) is 17.7 Å². The van der Waals surface area contributed by atoms with Crippen LogP contribution in [0.4, 0.5) is 10.5 Å². The third-order valence-corrected chi connectivity index (χ3v) is 3.67. The minimum atomic E-state index is -0.924. The first kappa shape index (κ1) is 18.4. The summed E-state index contributed by atoms with van der Waals surface area (Å²) >= 11 is 0. The van der Waals surface area contributed by atoms with Crippen molar-refractivity contribution in [2.75, 3.05) is 11.9 Å². The molecule has 1 aromatic carbocycles. The monoisotopic (exact) mass is 347 g/mol. The van der Waals surface area contributed by atoms with Crippen LogP contribution < -0.4 is 10.6 Å². The van der Waals surface area contributed by atoms with Crippen molar-refractivity contribution in [3.05, 3.63) is 29.3 Å². The van der Waals surface area contributed by atoms with Gasteiger partial charge in [-0.2, -0.15) is 0 Å². The van der Waals surface area contributed by atoms with Crippen molar-refractivity contribution in [3.8, 4) is 0 Å². The number of imide groups is 1. The lowest BCUT2D eigenvalue weighted by atomic mass is 10.1. The molecule has 0 unspecified atom stereocenters. The van der Waals surface area contributed by atoms with E-state index in [1.165, 1.54) is 17.0 Å². The summed E-state index contributed by atoms with van der Waals surface area (Å²) in [4.78, 5) is 48.3. The van der Waals surface area contributed by atoms with Gasteiger partial charge in [0, 0.05) is 24.2 Å². The molecule has 1 aliphatic heterocycles. The van der Waals surface area contributed by atoms with E-state index in [0.717, 1.165) is 0 Å². The van der Waals surface area contributed by atoms with Gasteiger partial charge in [0.05, 0.1) is 11.1 Å². The van der Waals surface area contributed by atoms with Crippen molar-refractivity contribution < 1.29 is 24.3 Å². The number of hydrogen-bond acceptors (Lipinski definition) is 4. The summed E-state index contributed by atoms with van der Waals surface area (Å²) < 4.78 is 0. The van der Waals surface area contributed by atoms with E-state index in [1.807, 2.05) is 0 Å². The molecule has 0 bridgehead atoms. The highest BCUT2D eigenvalue weighted by Gasteiger charge is 2.41. The summed E-state index contributed by atoms with van der Waals surface area (Å²) in [5.74, 6) is -1.66. The number of nitrogens with one attached hydrogen (secondary N) is 2. The molecule has 25 heavy (non-hydrogen) atoms. The second-order valence-electron chi connectivity index (χ2n) is 6.76. The van der Waals surface area contributed by atoms with Gasteiger partial charge in [0.25, 0.3) is 11.8 Å². The Balaban J connectivity index is 2.04. The second kappa shape index (κ2) is 6.92. The number of carboxylic acid groups (broad SMARTS) is 1. The molecular weight excluding hydrogens is 326 g/mol. The fourth-order valence-electron chi connectivity index (χ4n) is 2.54. The first-order valence-electron chi connectivity index (χ1n) is 7.91. The summed E-state index contributed by atoms with van der Waals surface area (Å²) in [7, 11) is 0. The topological polar surface area (TPSA) is 116 Å². The predicted octanol–water partition coefficient (Wildman–Crippen LogP) is 2.07. The number of hydrogen-bond donors (Lipinski definition) is 3. The lowest BCUT2D eigenvalue weighted by Crippen LogP contribution is -2.45. The molecule has 0 spiro atoms. The zero-order valence-electron chi connectivity index (χ0n) is 14.4. The third kappa shape index (κ3) is 4.14. The van der Waals surface area contributed by atoms with Gasteiger partial charge < -0.3 is 15.7 Å². The van der Waals surface area contributed by atoms with Gasteiger partial charge in [-0.1, -0.05) is 0 Å². The number of nitrogens with zero attached hydrogens (tertiary/aromatic N) is 1. The molecule has 8 nitrogen and oxygen atoms in total. The minimum absolute atomic E-state index is 0.0294. The second-order valence-corrected chi connectivity index (χ2v) is 6.76. The van der Waals surface area contributed by atoms with Crippen molar-refractivity contribution in [1.82, 2.24) is 10.2 Å². The number of carbonyl (C=O) groups excluding carboxylic acids is 3. The quantitative estimate of drug-likeness (QED) is 0.557. The number of rotatable bonds is 5. The lowest BCUT2D eigenvalue weighted by Gasteiger charge is -2.29. The maximum atomic E-state index is 12.5. The maximum Gasteiger partial charge on any atom is 0.319 e. The van der Waals surface area contributed by atoms with E-state index < -0.39 is 23.4 Å². The van der Waals surface area contributed by atoms with E-state index in [2.05, 4.69) is 10.6 Å². The van der Waals surface area contributed by atoms with Gasteiger partial charge in [-0.3, -0.25) is 19.3 Å². The highest BCUT2D eigenvalue weighted by Crippen LogP contribution is 2.30. The molecule has 134 valence electrons. The van der Waals surface area contributed by atoms with Gasteiger partial charge in [-0.15, -0.1) is 0 Å². The van der Waals surface area contributed by atoms with E-state index in [4.69, 9.17) is 5.11 Å². The third-order valence-electron chi connectivity index (χ3n) is 3.67. The van der Waals surface area contributed by atoms with Crippen LogP contribution in [0.5, 0.6) is 0 Å². The van der Waals surface area contributed by atoms with Gasteiger partial charge in [-0.05, 0) is 45.4 Å². The number of benzene rings is 1. The molecule has 0 saturated heterocycles. The highest BCUT2D eigenvalue weighted by molar-refractivity contribution is 6.22. The van der Waals surface area contributed by atoms with Gasteiger partial charge in [-0.25, -0.2) is 4.79 Å². The zero-order valence-corrected chi connectivity index (χ0v) is 14.4. The molecule has 4 amide bonds. The molecule has 0 saturated carbocycles. The van der Waals surface area contributed by atoms with Crippen LogP contribution in [0, 0.1) is 0 Å². The Morgan fingerprint density at radius 3 is 2.36 bits per heavy atom. The molecule has 0 atom stereocenters. The molecule has 0 fully saturated rings. The van der Waals surface area contributed by atoms with Crippen LogP contribution in [0.2, 0.25) is 0 Å². The number of carboxylic acids is 1. The Kier molecular flexibility index (Phi) is 5.10. The Bertz CT molecular complexity index is 736. The molecule has 1 aliphatic rings. The molecule has 2 rings (SSSR count). The number of anilines is 1. The van der Waals surface area contributed by atoms with Crippen molar-refractivity contribution in [3.63, 3.8) is 0 Å². The Morgan fingerprint density at radius 2 is 1.76 bits per heavy atom. The molecule has 8 heteroatoms. The average molecular weight is 347 g/mol. The Morgan fingerprint density at radius 1 is 1.12 bits per heavy atom. The van der Waals surface area contributed by atoms with Crippen LogP contribution in [-0.4, -0.2) is 45.9 Å². The van der Waals surface area contributed by atoms with E-state index in [1.54, 1.807) is 26.8 Å². The average Bonchev–Trinajstić information content (AvgIpc) is 2.74. The van der Waals surface area contributed by atoms with E-state index in [-0.39, 0.29) is 24.4 Å². The van der Waals surface area contributed by atoms with Gasteiger partial charge in [0.15, 0.2) is 0 Å². The van der Waals surface area contributed by atoms with Crippen molar-refractivity contribution in [2.24, 2.45) is 0 Å². The lowest BCUT2D eigenvalue weighted by molar-refractivity contribution is -0.137. The van der Waals surface area contributed by atoms with Crippen molar-refractivity contribution in [1.29, 1.82) is 0 Å². The number of fused-ring (bicyclic) bond motifs is 1.